The van der Waals surface area contributed by atoms with Gasteiger partial charge >= 0.3 is 0 Å². The summed E-state index contributed by atoms with van der Waals surface area (Å²) in [4.78, 5) is 2.01. The Bertz CT molecular complexity index is 484. The van der Waals surface area contributed by atoms with Crippen molar-refractivity contribution in [1.82, 2.24) is 5.32 Å². The second-order valence-corrected chi connectivity index (χ2v) is 4.93. The van der Waals surface area contributed by atoms with Crippen LogP contribution in [0.1, 0.15) is 5.56 Å². The third-order valence-corrected chi connectivity index (χ3v) is 3.65. The molecule has 4 heteroatoms. The molecule has 2 aliphatic heterocycles. The SMILES string of the molecule is [CH2]C1(O)NCC(O)C1N1CC=Cc2ccccc21. The van der Waals surface area contributed by atoms with Crippen LogP contribution in [0.4, 0.5) is 5.69 Å². The smallest absolute Gasteiger partial charge is 0.139 e. The van der Waals surface area contributed by atoms with Gasteiger partial charge in [0.25, 0.3) is 0 Å². The first kappa shape index (κ1) is 11.7. The van der Waals surface area contributed by atoms with E-state index in [1.54, 1.807) is 0 Å². The molecule has 3 unspecified atom stereocenters. The first-order chi connectivity index (χ1) is 8.59. The van der Waals surface area contributed by atoms with E-state index < -0.39 is 17.9 Å². The van der Waals surface area contributed by atoms with Gasteiger partial charge in [-0.15, -0.1) is 0 Å². The van der Waals surface area contributed by atoms with E-state index in [4.69, 9.17) is 0 Å². The second kappa shape index (κ2) is 4.09. The highest BCUT2D eigenvalue weighted by atomic mass is 16.3. The van der Waals surface area contributed by atoms with E-state index in [9.17, 15) is 10.2 Å². The predicted molar refractivity (Wildman–Crippen MR) is 70.9 cm³/mol. The van der Waals surface area contributed by atoms with Gasteiger partial charge in [-0.2, -0.15) is 0 Å². The lowest BCUT2D eigenvalue weighted by Gasteiger charge is -2.40. The van der Waals surface area contributed by atoms with Crippen LogP contribution in [0.2, 0.25) is 0 Å². The summed E-state index contributed by atoms with van der Waals surface area (Å²) in [5.74, 6) is 0. The Kier molecular flexibility index (Phi) is 2.66. The van der Waals surface area contributed by atoms with Gasteiger partial charge in [-0.3, -0.25) is 5.32 Å². The Morgan fingerprint density at radius 3 is 2.89 bits per heavy atom. The van der Waals surface area contributed by atoms with Gasteiger partial charge in [0.05, 0.1) is 12.1 Å². The summed E-state index contributed by atoms with van der Waals surface area (Å²) in [5, 5.41) is 23.2. The minimum absolute atomic E-state index is 0.354. The molecular formula is C14H17N2O2. The Balaban J connectivity index is 2.01. The van der Waals surface area contributed by atoms with Crippen molar-refractivity contribution in [2.45, 2.75) is 17.9 Å². The fraction of sp³-hybridized carbons (Fsp3) is 0.357. The molecule has 0 saturated carbocycles. The molecule has 0 bridgehead atoms. The predicted octanol–water partition coefficient (Wildman–Crippen LogP) is 0.375. The van der Waals surface area contributed by atoms with Gasteiger partial charge in [-0.25, -0.2) is 0 Å². The number of para-hydroxylation sites is 1. The van der Waals surface area contributed by atoms with E-state index in [1.165, 1.54) is 0 Å². The number of benzene rings is 1. The molecule has 3 N–H and O–H groups in total. The fourth-order valence-corrected chi connectivity index (χ4v) is 2.83. The molecule has 0 aliphatic carbocycles. The number of hydrogen-bond acceptors (Lipinski definition) is 4. The molecule has 2 heterocycles. The molecule has 1 radical (unpaired) electrons. The number of nitrogens with zero attached hydrogens (tertiary/aromatic N) is 1. The maximum atomic E-state index is 10.3. The molecule has 3 rings (SSSR count). The Hall–Kier alpha value is -1.36. The van der Waals surface area contributed by atoms with Crippen LogP contribution in [0.25, 0.3) is 6.08 Å². The number of anilines is 1. The zero-order chi connectivity index (χ0) is 12.8. The maximum Gasteiger partial charge on any atom is 0.139 e. The fourth-order valence-electron chi connectivity index (χ4n) is 2.83. The van der Waals surface area contributed by atoms with E-state index in [1.807, 2.05) is 35.2 Å². The van der Waals surface area contributed by atoms with Crippen LogP contribution in [-0.2, 0) is 0 Å². The monoisotopic (exact) mass is 245 g/mol. The van der Waals surface area contributed by atoms with Crippen molar-refractivity contribution in [2.75, 3.05) is 18.0 Å². The Morgan fingerprint density at radius 2 is 2.17 bits per heavy atom. The molecule has 2 aliphatic rings. The lowest BCUT2D eigenvalue weighted by atomic mass is 9.99. The molecule has 0 aromatic heterocycles. The molecule has 1 fully saturated rings. The number of aliphatic hydroxyl groups excluding tert-OH is 1. The third kappa shape index (κ3) is 1.73. The zero-order valence-electron chi connectivity index (χ0n) is 10.1. The summed E-state index contributed by atoms with van der Waals surface area (Å²) in [5.41, 5.74) is 0.797. The van der Waals surface area contributed by atoms with Gasteiger partial charge in [0, 0.05) is 18.8 Å². The number of rotatable bonds is 1. The number of fused-ring (bicyclic) bond motifs is 1. The van der Waals surface area contributed by atoms with Crippen molar-refractivity contribution in [3.8, 4) is 0 Å². The highest BCUT2D eigenvalue weighted by molar-refractivity contribution is 5.72. The number of β-amino-alcohol motifs (C(OH)–C–C–N with tert-alkyl or cyclic N) is 1. The van der Waals surface area contributed by atoms with E-state index in [2.05, 4.69) is 18.3 Å². The molecule has 0 amide bonds. The molecule has 4 nitrogen and oxygen atoms in total. The highest BCUT2D eigenvalue weighted by Crippen LogP contribution is 2.32. The highest BCUT2D eigenvalue weighted by Gasteiger charge is 2.47. The largest absolute Gasteiger partial charge is 0.389 e. The van der Waals surface area contributed by atoms with Crippen molar-refractivity contribution in [3.05, 3.63) is 42.8 Å². The quantitative estimate of drug-likeness (QED) is 0.669. The molecule has 1 saturated heterocycles. The zero-order valence-corrected chi connectivity index (χ0v) is 10.1. The standard InChI is InChI=1S/C14H17N2O2/c1-14(18)13(12(17)9-15-14)16-8-4-6-10-5-2-3-7-11(10)16/h2-7,12-13,15,17-18H,1,8-9H2. The van der Waals surface area contributed by atoms with Gasteiger partial charge in [0.1, 0.15) is 5.72 Å². The van der Waals surface area contributed by atoms with Gasteiger partial charge in [-0.05, 0) is 18.6 Å². The van der Waals surface area contributed by atoms with Crippen LogP contribution in [0.15, 0.2) is 30.3 Å². The number of aliphatic hydroxyl groups is 2. The van der Waals surface area contributed by atoms with E-state index in [0.717, 1.165) is 11.3 Å². The minimum Gasteiger partial charge on any atom is -0.389 e. The molecule has 18 heavy (non-hydrogen) atoms. The van der Waals surface area contributed by atoms with E-state index in [0.29, 0.717) is 13.1 Å². The van der Waals surface area contributed by atoms with Crippen LogP contribution in [-0.4, -0.2) is 41.2 Å². The lowest BCUT2D eigenvalue weighted by molar-refractivity contribution is 0.0339. The van der Waals surface area contributed by atoms with Crippen molar-refractivity contribution in [2.24, 2.45) is 0 Å². The van der Waals surface area contributed by atoms with Crippen LogP contribution >= 0.6 is 0 Å². The summed E-state index contributed by atoms with van der Waals surface area (Å²) in [6.45, 7) is 4.79. The first-order valence-electron chi connectivity index (χ1n) is 6.12. The van der Waals surface area contributed by atoms with E-state index >= 15 is 0 Å². The number of nitrogens with one attached hydrogen (secondary N) is 1. The van der Waals surface area contributed by atoms with Crippen molar-refractivity contribution in [1.29, 1.82) is 0 Å². The summed E-state index contributed by atoms with van der Waals surface area (Å²) < 4.78 is 0. The Morgan fingerprint density at radius 1 is 1.39 bits per heavy atom. The normalized spacial score (nSPS) is 34.7. The summed E-state index contributed by atoms with van der Waals surface area (Å²) in [7, 11) is 0. The van der Waals surface area contributed by atoms with Crippen LogP contribution in [0.3, 0.4) is 0 Å². The van der Waals surface area contributed by atoms with Gasteiger partial charge < -0.3 is 15.1 Å². The lowest BCUT2D eigenvalue weighted by Crippen LogP contribution is -2.56. The molecular weight excluding hydrogens is 228 g/mol. The topological polar surface area (TPSA) is 55.7 Å². The van der Waals surface area contributed by atoms with E-state index in [-0.39, 0.29) is 0 Å². The van der Waals surface area contributed by atoms with Gasteiger partial charge in [0.15, 0.2) is 0 Å². The van der Waals surface area contributed by atoms with Crippen LogP contribution in [0.5, 0.6) is 0 Å². The summed E-state index contributed by atoms with van der Waals surface area (Å²) in [6, 6.07) is 7.52. The van der Waals surface area contributed by atoms with Crippen molar-refractivity contribution in [3.63, 3.8) is 0 Å². The maximum absolute atomic E-state index is 10.3. The molecule has 3 atom stereocenters. The average Bonchev–Trinajstić information content (AvgIpc) is 2.63. The average molecular weight is 245 g/mol. The van der Waals surface area contributed by atoms with Gasteiger partial charge in [-0.1, -0.05) is 30.4 Å². The molecule has 1 aromatic rings. The number of hydrogen-bond donors (Lipinski definition) is 3. The Labute approximate surface area is 107 Å². The van der Waals surface area contributed by atoms with Crippen LogP contribution < -0.4 is 10.2 Å². The van der Waals surface area contributed by atoms with Crippen molar-refractivity contribution < 1.29 is 10.2 Å². The first-order valence-corrected chi connectivity index (χ1v) is 6.12. The third-order valence-electron chi connectivity index (χ3n) is 3.65. The molecule has 95 valence electrons. The van der Waals surface area contributed by atoms with Gasteiger partial charge in [0.2, 0.25) is 0 Å². The van der Waals surface area contributed by atoms with Crippen molar-refractivity contribution >= 4 is 11.8 Å². The second-order valence-electron chi connectivity index (χ2n) is 4.93. The molecule has 1 aromatic carbocycles. The minimum atomic E-state index is -1.32. The summed E-state index contributed by atoms with van der Waals surface area (Å²) >= 11 is 0. The summed E-state index contributed by atoms with van der Waals surface area (Å²) in [6.07, 6.45) is 3.46. The van der Waals surface area contributed by atoms with Crippen LogP contribution in [0, 0.1) is 6.92 Å². The molecule has 0 spiro atoms.